The Kier molecular flexibility index (Phi) is 3.80. The van der Waals surface area contributed by atoms with Crippen LogP contribution in [-0.2, 0) is 6.54 Å². The van der Waals surface area contributed by atoms with E-state index in [1.54, 1.807) is 6.20 Å². The second-order valence-corrected chi connectivity index (χ2v) is 5.90. The van der Waals surface area contributed by atoms with Crippen LogP contribution in [0.2, 0.25) is 0 Å². The highest BCUT2D eigenvalue weighted by atomic mass is 79.9. The Labute approximate surface area is 132 Å². The van der Waals surface area contributed by atoms with Gasteiger partial charge in [-0.3, -0.25) is 4.98 Å². The molecule has 0 saturated heterocycles. The van der Waals surface area contributed by atoms with Crippen molar-refractivity contribution in [2.45, 2.75) is 6.54 Å². The van der Waals surface area contributed by atoms with Crippen molar-refractivity contribution in [3.63, 3.8) is 0 Å². The molecule has 0 aliphatic rings. The maximum absolute atomic E-state index is 6.05. The van der Waals surface area contributed by atoms with E-state index in [0.717, 1.165) is 33.2 Å². The van der Waals surface area contributed by atoms with Gasteiger partial charge in [0.15, 0.2) is 0 Å². The van der Waals surface area contributed by atoms with Crippen molar-refractivity contribution in [1.29, 1.82) is 0 Å². The Morgan fingerprint density at radius 3 is 2.71 bits per heavy atom. The lowest BCUT2D eigenvalue weighted by Crippen LogP contribution is -2.17. The number of pyridine rings is 1. The Balaban J connectivity index is 2.01. The predicted molar refractivity (Wildman–Crippen MR) is 92.4 cm³/mol. The van der Waals surface area contributed by atoms with Gasteiger partial charge in [0.2, 0.25) is 0 Å². The first-order valence-corrected chi connectivity index (χ1v) is 7.53. The van der Waals surface area contributed by atoms with Crippen molar-refractivity contribution in [3.05, 3.63) is 64.9 Å². The van der Waals surface area contributed by atoms with E-state index in [9.17, 15) is 0 Å². The van der Waals surface area contributed by atoms with Crippen LogP contribution >= 0.6 is 15.9 Å². The molecule has 1 heterocycles. The van der Waals surface area contributed by atoms with Gasteiger partial charge in [-0.2, -0.15) is 0 Å². The van der Waals surface area contributed by atoms with Gasteiger partial charge in [0.25, 0.3) is 0 Å². The van der Waals surface area contributed by atoms with Gasteiger partial charge in [-0.15, -0.1) is 0 Å². The minimum atomic E-state index is 0.783. The zero-order valence-electron chi connectivity index (χ0n) is 11.8. The van der Waals surface area contributed by atoms with E-state index < -0.39 is 0 Å². The van der Waals surface area contributed by atoms with Gasteiger partial charge in [0, 0.05) is 52.6 Å². The first-order valence-electron chi connectivity index (χ1n) is 6.73. The summed E-state index contributed by atoms with van der Waals surface area (Å²) < 4.78 is 1.12. The summed E-state index contributed by atoms with van der Waals surface area (Å²) in [4.78, 5) is 6.44. The van der Waals surface area contributed by atoms with Crippen LogP contribution in [0.1, 0.15) is 5.56 Å². The maximum Gasteiger partial charge on any atom is 0.0463 e. The number of hydrogen-bond acceptors (Lipinski definition) is 3. The molecule has 0 aliphatic carbocycles. The minimum Gasteiger partial charge on any atom is -0.398 e. The van der Waals surface area contributed by atoms with Gasteiger partial charge in [-0.05, 0) is 29.8 Å². The third-order valence-corrected chi connectivity index (χ3v) is 4.38. The van der Waals surface area contributed by atoms with Crippen molar-refractivity contribution in [3.8, 4) is 0 Å². The van der Waals surface area contributed by atoms with Crippen molar-refractivity contribution < 1.29 is 0 Å². The molecule has 0 fully saturated rings. The molecule has 1 aromatic heterocycles. The molecule has 4 heteroatoms. The van der Waals surface area contributed by atoms with Crippen LogP contribution in [-0.4, -0.2) is 12.0 Å². The largest absolute Gasteiger partial charge is 0.398 e. The summed E-state index contributed by atoms with van der Waals surface area (Å²) in [7, 11) is 2.08. The fourth-order valence-electron chi connectivity index (χ4n) is 2.50. The first-order chi connectivity index (χ1) is 10.2. The Bertz CT molecular complexity index is 786. The Morgan fingerprint density at radius 1 is 1.10 bits per heavy atom. The number of benzene rings is 2. The third kappa shape index (κ3) is 2.72. The molecule has 0 amide bonds. The predicted octanol–water partition coefficient (Wildman–Crippen LogP) is 4.22. The van der Waals surface area contributed by atoms with Crippen LogP contribution in [0.4, 0.5) is 11.4 Å². The molecule has 0 saturated carbocycles. The molecule has 21 heavy (non-hydrogen) atoms. The first kappa shape index (κ1) is 13.9. The molecule has 3 nitrogen and oxygen atoms in total. The molecule has 0 bridgehead atoms. The molecule has 0 unspecified atom stereocenters. The third-order valence-electron chi connectivity index (χ3n) is 3.61. The average molecular weight is 342 g/mol. The van der Waals surface area contributed by atoms with Crippen LogP contribution in [0.5, 0.6) is 0 Å². The van der Waals surface area contributed by atoms with E-state index in [4.69, 9.17) is 5.73 Å². The summed E-state index contributed by atoms with van der Waals surface area (Å²) in [6, 6.07) is 14.2. The quantitative estimate of drug-likeness (QED) is 0.725. The minimum absolute atomic E-state index is 0.783. The van der Waals surface area contributed by atoms with Crippen molar-refractivity contribution in [1.82, 2.24) is 4.98 Å². The summed E-state index contributed by atoms with van der Waals surface area (Å²) >= 11 is 3.60. The summed E-state index contributed by atoms with van der Waals surface area (Å²) in [6.07, 6.45) is 3.65. The molecular formula is C17H16BrN3. The monoisotopic (exact) mass is 341 g/mol. The summed E-state index contributed by atoms with van der Waals surface area (Å²) in [5.74, 6) is 0. The van der Waals surface area contributed by atoms with Gasteiger partial charge < -0.3 is 10.6 Å². The number of rotatable bonds is 3. The highest BCUT2D eigenvalue weighted by Crippen LogP contribution is 2.31. The van der Waals surface area contributed by atoms with E-state index >= 15 is 0 Å². The second-order valence-electron chi connectivity index (χ2n) is 5.04. The van der Waals surface area contributed by atoms with Crippen LogP contribution < -0.4 is 10.6 Å². The van der Waals surface area contributed by atoms with E-state index in [-0.39, 0.29) is 0 Å². The van der Waals surface area contributed by atoms with Gasteiger partial charge in [0.1, 0.15) is 0 Å². The van der Waals surface area contributed by atoms with Gasteiger partial charge in [-0.1, -0.05) is 34.1 Å². The van der Waals surface area contributed by atoms with Crippen LogP contribution in [0.25, 0.3) is 10.8 Å². The lowest BCUT2D eigenvalue weighted by molar-refractivity contribution is 0.923. The average Bonchev–Trinajstić information content (AvgIpc) is 2.50. The molecule has 0 aliphatic heterocycles. The number of hydrogen-bond donors (Lipinski definition) is 1. The summed E-state index contributed by atoms with van der Waals surface area (Å²) in [6.45, 7) is 0.815. The van der Waals surface area contributed by atoms with E-state index in [0.29, 0.717) is 0 Å². The number of nitrogens with two attached hydrogens (primary N) is 1. The molecular weight excluding hydrogens is 326 g/mol. The maximum atomic E-state index is 6.05. The number of anilines is 2. The highest BCUT2D eigenvalue weighted by molar-refractivity contribution is 9.10. The van der Waals surface area contributed by atoms with Gasteiger partial charge in [0.05, 0.1) is 0 Å². The van der Waals surface area contributed by atoms with Crippen molar-refractivity contribution in [2.24, 2.45) is 0 Å². The van der Waals surface area contributed by atoms with Gasteiger partial charge in [-0.25, -0.2) is 0 Å². The molecule has 0 spiro atoms. The molecule has 3 aromatic rings. The summed E-state index contributed by atoms with van der Waals surface area (Å²) in [5.41, 5.74) is 9.20. The van der Waals surface area contributed by atoms with Crippen molar-refractivity contribution in [2.75, 3.05) is 17.7 Å². The Morgan fingerprint density at radius 2 is 1.90 bits per heavy atom. The zero-order valence-corrected chi connectivity index (χ0v) is 13.3. The van der Waals surface area contributed by atoms with E-state index in [1.807, 2.05) is 24.4 Å². The number of aromatic nitrogens is 1. The fraction of sp³-hybridized carbons (Fsp3) is 0.118. The molecule has 0 atom stereocenters. The highest BCUT2D eigenvalue weighted by Gasteiger charge is 2.10. The van der Waals surface area contributed by atoms with E-state index in [1.165, 1.54) is 5.56 Å². The lowest BCUT2D eigenvalue weighted by Gasteiger charge is -2.22. The molecule has 0 radical (unpaired) electrons. The van der Waals surface area contributed by atoms with Crippen LogP contribution in [0.15, 0.2) is 59.3 Å². The molecule has 2 N–H and O–H groups in total. The normalized spacial score (nSPS) is 10.8. The number of fused-ring (bicyclic) bond motifs is 1. The number of nitrogen functional groups attached to an aromatic ring is 1. The van der Waals surface area contributed by atoms with Crippen molar-refractivity contribution >= 4 is 38.1 Å². The fourth-order valence-corrected chi connectivity index (χ4v) is 2.91. The van der Waals surface area contributed by atoms with Crippen LogP contribution in [0.3, 0.4) is 0 Å². The van der Waals surface area contributed by atoms with Gasteiger partial charge >= 0.3 is 0 Å². The topological polar surface area (TPSA) is 42.1 Å². The summed E-state index contributed by atoms with van der Waals surface area (Å²) in [5, 5.41) is 2.12. The Hall–Kier alpha value is -2.07. The smallest absolute Gasteiger partial charge is 0.0463 e. The number of halogens is 1. The van der Waals surface area contributed by atoms with E-state index in [2.05, 4.69) is 57.1 Å². The molecule has 3 rings (SSSR count). The SMILES string of the molecule is CN(Cc1ccccc1Br)c1ccc(N)c2ccncc12. The lowest BCUT2D eigenvalue weighted by atomic mass is 10.1. The molecule has 2 aromatic carbocycles. The molecule has 106 valence electrons. The second kappa shape index (κ2) is 5.74. The number of nitrogens with zero attached hydrogens (tertiary/aromatic N) is 2. The zero-order chi connectivity index (χ0) is 14.8. The van der Waals surface area contributed by atoms with Crippen LogP contribution in [0, 0.1) is 0 Å². The standard InChI is InChI=1S/C17H16BrN3/c1-21(11-12-4-2-3-5-15(12)18)17-7-6-16(19)13-8-9-20-10-14(13)17/h2-10H,11,19H2,1H3.